The summed E-state index contributed by atoms with van der Waals surface area (Å²) >= 11 is 0. The molecule has 1 aromatic rings. The Morgan fingerprint density at radius 3 is 2.43 bits per heavy atom. The van der Waals surface area contributed by atoms with E-state index < -0.39 is 11.8 Å². The first-order chi connectivity index (χ1) is 16.8. The number of nitrogens with one attached hydrogen (secondary N) is 2. The zero-order chi connectivity index (χ0) is 25.8. The van der Waals surface area contributed by atoms with Crippen LogP contribution < -0.4 is 24.8 Å². The fourth-order valence-electron chi connectivity index (χ4n) is 3.15. The second-order valence-electron chi connectivity index (χ2n) is 7.33. The van der Waals surface area contributed by atoms with Gasteiger partial charge in [0.15, 0.2) is 11.5 Å². The van der Waals surface area contributed by atoms with Crippen LogP contribution in [0.3, 0.4) is 0 Å². The van der Waals surface area contributed by atoms with Crippen LogP contribution >= 0.6 is 9.24 Å². The number of nitrogens with zero attached hydrogens (tertiary/aromatic N) is 1. The van der Waals surface area contributed by atoms with Crippen molar-refractivity contribution in [1.29, 1.82) is 0 Å². The minimum atomic E-state index is -0.603. The molecule has 1 aliphatic heterocycles. The summed E-state index contributed by atoms with van der Waals surface area (Å²) in [6, 6.07) is 3.30. The van der Waals surface area contributed by atoms with Crippen LogP contribution in [0.15, 0.2) is 12.1 Å². The maximum atomic E-state index is 12.1. The highest BCUT2D eigenvalue weighted by atomic mass is 31.0. The molecule has 12 heteroatoms. The largest absolute Gasteiger partial charge is 0.493 e. The Bertz CT molecular complexity index is 979. The normalized spacial score (nSPS) is 14.6. The number of imide groups is 1. The Kier molecular flexibility index (Phi) is 11.1. The van der Waals surface area contributed by atoms with E-state index >= 15 is 0 Å². The van der Waals surface area contributed by atoms with Crippen molar-refractivity contribution in [3.05, 3.63) is 17.7 Å². The lowest BCUT2D eigenvalue weighted by atomic mass is 10.2. The fraction of sp³-hybridized carbons (Fsp3) is 0.478. The molecule has 1 aromatic carbocycles. The number of alkyl carbamates (subject to hydrolysis) is 1. The van der Waals surface area contributed by atoms with Crippen LogP contribution in [0.1, 0.15) is 25.3 Å². The van der Waals surface area contributed by atoms with E-state index in [1.165, 1.54) is 14.2 Å². The van der Waals surface area contributed by atoms with Gasteiger partial charge in [-0.1, -0.05) is 5.92 Å². The molecule has 2 atom stereocenters. The number of methoxy groups -OCH3 is 2. The predicted octanol–water partition coefficient (Wildman–Crippen LogP) is 0.841. The van der Waals surface area contributed by atoms with Gasteiger partial charge in [-0.25, -0.2) is 4.79 Å². The number of likely N-dealkylation sites (tertiary alicyclic amines) is 1. The first-order valence-electron chi connectivity index (χ1n) is 10.8. The summed E-state index contributed by atoms with van der Waals surface area (Å²) < 4.78 is 21.7. The van der Waals surface area contributed by atoms with Gasteiger partial charge < -0.3 is 29.6 Å². The van der Waals surface area contributed by atoms with E-state index in [9.17, 15) is 19.2 Å². The highest BCUT2D eigenvalue weighted by Gasteiger charge is 2.35. The van der Waals surface area contributed by atoms with E-state index in [4.69, 9.17) is 18.9 Å². The molecule has 2 N–H and O–H groups in total. The van der Waals surface area contributed by atoms with Crippen molar-refractivity contribution in [2.24, 2.45) is 0 Å². The van der Waals surface area contributed by atoms with Crippen molar-refractivity contribution in [3.63, 3.8) is 0 Å². The van der Waals surface area contributed by atoms with Gasteiger partial charge in [0.25, 0.3) is 0 Å². The smallest absolute Gasteiger partial charge is 0.408 e. The average Bonchev–Trinajstić information content (AvgIpc) is 3.09. The van der Waals surface area contributed by atoms with Gasteiger partial charge in [-0.15, -0.1) is 15.2 Å². The SMILES string of the molecule is CC#CCNC(=O)OCc1cc(OC)c(OCCNC(=O)CCN2C(=O)CC(P)C2=O)c(OC)c1. The Labute approximate surface area is 206 Å². The van der Waals surface area contributed by atoms with Crippen LogP contribution in [0.25, 0.3) is 0 Å². The number of carbonyl (C=O) groups is 4. The quantitative estimate of drug-likeness (QED) is 0.184. The predicted molar refractivity (Wildman–Crippen MR) is 129 cm³/mol. The van der Waals surface area contributed by atoms with Crippen LogP contribution in [-0.2, 0) is 25.7 Å². The van der Waals surface area contributed by atoms with E-state index in [0.29, 0.717) is 22.8 Å². The summed E-state index contributed by atoms with van der Waals surface area (Å²) in [5, 5.41) is 5.19. The van der Waals surface area contributed by atoms with Crippen molar-refractivity contribution in [2.45, 2.75) is 32.0 Å². The number of hydrogen-bond acceptors (Lipinski definition) is 8. The molecule has 0 aliphatic carbocycles. The van der Waals surface area contributed by atoms with Crippen molar-refractivity contribution in [2.75, 3.05) is 40.5 Å². The lowest BCUT2D eigenvalue weighted by Gasteiger charge is -2.17. The van der Waals surface area contributed by atoms with Gasteiger partial charge >= 0.3 is 6.09 Å². The number of amides is 4. The maximum absolute atomic E-state index is 12.1. The molecule has 35 heavy (non-hydrogen) atoms. The van der Waals surface area contributed by atoms with Gasteiger partial charge in [0.1, 0.15) is 13.2 Å². The molecule has 11 nitrogen and oxygen atoms in total. The standard InChI is InChI=1S/C23H30N3O8P/c1-4-5-7-25-23(30)34-14-15-11-16(31-2)21(17(12-15)32-3)33-10-8-24-19(27)6-9-26-20(28)13-18(35)22(26)29/h11-12,18H,6-10,13-14,35H2,1-3H3,(H,24,27)(H,25,30). The number of rotatable bonds is 12. The van der Waals surface area contributed by atoms with E-state index in [-0.39, 0.29) is 63.4 Å². The molecule has 0 saturated carbocycles. The molecular formula is C23H30N3O8P. The summed E-state index contributed by atoms with van der Waals surface area (Å²) in [7, 11) is 5.26. The molecule has 0 spiro atoms. The van der Waals surface area contributed by atoms with Gasteiger partial charge in [-0.3, -0.25) is 19.3 Å². The van der Waals surface area contributed by atoms with Crippen LogP contribution in [0.4, 0.5) is 4.79 Å². The molecule has 1 saturated heterocycles. The molecule has 0 bridgehead atoms. The lowest BCUT2D eigenvalue weighted by Crippen LogP contribution is -2.36. The first-order valence-corrected chi connectivity index (χ1v) is 11.5. The molecule has 2 rings (SSSR count). The monoisotopic (exact) mass is 507 g/mol. The second-order valence-corrected chi connectivity index (χ2v) is 8.13. The van der Waals surface area contributed by atoms with E-state index in [0.717, 1.165) is 4.90 Å². The fourth-order valence-corrected chi connectivity index (χ4v) is 3.53. The van der Waals surface area contributed by atoms with Crippen molar-refractivity contribution in [3.8, 4) is 29.1 Å². The average molecular weight is 507 g/mol. The van der Waals surface area contributed by atoms with Crippen LogP contribution in [-0.4, -0.2) is 74.8 Å². The van der Waals surface area contributed by atoms with Crippen LogP contribution in [0.2, 0.25) is 0 Å². The Balaban J connectivity index is 1.84. The Morgan fingerprint density at radius 2 is 1.86 bits per heavy atom. The molecule has 190 valence electrons. The molecule has 0 aromatic heterocycles. The maximum Gasteiger partial charge on any atom is 0.408 e. The van der Waals surface area contributed by atoms with Gasteiger partial charge in [0, 0.05) is 19.4 Å². The molecule has 1 aliphatic rings. The topological polar surface area (TPSA) is 132 Å². The molecule has 0 radical (unpaired) electrons. The minimum Gasteiger partial charge on any atom is -0.493 e. The molecule has 2 unspecified atom stereocenters. The lowest BCUT2D eigenvalue weighted by molar-refractivity contribution is -0.138. The Morgan fingerprint density at radius 1 is 1.17 bits per heavy atom. The molecule has 1 fully saturated rings. The third-order valence-corrected chi connectivity index (χ3v) is 5.42. The summed E-state index contributed by atoms with van der Waals surface area (Å²) in [5.74, 6) is 5.56. The van der Waals surface area contributed by atoms with Crippen LogP contribution in [0, 0.1) is 11.8 Å². The summed E-state index contributed by atoms with van der Waals surface area (Å²) in [6.45, 7) is 2.19. The number of benzene rings is 1. The number of ether oxygens (including phenoxy) is 4. The van der Waals surface area contributed by atoms with Crippen molar-refractivity contribution >= 4 is 33.1 Å². The second kappa shape index (κ2) is 14.0. The van der Waals surface area contributed by atoms with Crippen molar-refractivity contribution < 1.29 is 38.1 Å². The zero-order valence-electron chi connectivity index (χ0n) is 20.0. The first kappa shape index (κ1) is 27.7. The zero-order valence-corrected chi connectivity index (χ0v) is 21.1. The third kappa shape index (κ3) is 8.34. The van der Waals surface area contributed by atoms with Gasteiger partial charge in [0.05, 0.1) is 33.0 Å². The number of carbonyl (C=O) groups excluding carboxylic acids is 4. The van der Waals surface area contributed by atoms with Crippen molar-refractivity contribution in [1.82, 2.24) is 15.5 Å². The van der Waals surface area contributed by atoms with Crippen LogP contribution in [0.5, 0.6) is 17.2 Å². The summed E-state index contributed by atoms with van der Waals surface area (Å²) in [6.07, 6.45) is -0.447. The number of hydrogen-bond donors (Lipinski definition) is 2. The summed E-state index contributed by atoms with van der Waals surface area (Å²) in [4.78, 5) is 48.6. The molecular weight excluding hydrogens is 477 g/mol. The molecule has 1 heterocycles. The highest BCUT2D eigenvalue weighted by Crippen LogP contribution is 2.38. The molecule has 4 amide bonds. The minimum absolute atomic E-state index is 0.00873. The van der Waals surface area contributed by atoms with Gasteiger partial charge in [-0.2, -0.15) is 0 Å². The van der Waals surface area contributed by atoms with Gasteiger partial charge in [-0.05, 0) is 24.6 Å². The van der Waals surface area contributed by atoms with E-state index in [1.807, 2.05) is 0 Å². The van der Waals surface area contributed by atoms with E-state index in [1.54, 1.807) is 19.1 Å². The highest BCUT2D eigenvalue weighted by molar-refractivity contribution is 7.19. The third-order valence-electron chi connectivity index (χ3n) is 4.90. The van der Waals surface area contributed by atoms with E-state index in [2.05, 4.69) is 31.7 Å². The van der Waals surface area contributed by atoms with Gasteiger partial charge in [0.2, 0.25) is 23.5 Å². The summed E-state index contributed by atoms with van der Waals surface area (Å²) in [5.41, 5.74) is 0.203. The Hall–Kier alpha value is -3.51.